The lowest BCUT2D eigenvalue weighted by Gasteiger charge is -2.06. The van der Waals surface area contributed by atoms with Crippen molar-refractivity contribution in [1.82, 2.24) is 24.4 Å². The largest absolute Gasteiger partial charge is 0.381 e. The molecule has 0 aromatic carbocycles. The fourth-order valence-corrected chi connectivity index (χ4v) is 2.69. The Morgan fingerprint density at radius 1 is 1.50 bits per heavy atom. The summed E-state index contributed by atoms with van der Waals surface area (Å²) < 4.78 is 32.2. The van der Waals surface area contributed by atoms with Crippen LogP contribution in [0.1, 0.15) is 5.82 Å². The van der Waals surface area contributed by atoms with E-state index in [1.54, 1.807) is 7.05 Å². The average molecular weight is 272 g/mol. The standard InChI is InChI=1S/C8H12N6O3S/c1-14-4-10-7(9)8(14)18(15,16)12-3-2-6-11-5-17-13-6/h4-5,12H,2-3,9H2,1H3. The summed E-state index contributed by atoms with van der Waals surface area (Å²) >= 11 is 0. The third-order valence-corrected chi connectivity index (χ3v) is 3.80. The molecule has 0 fully saturated rings. The van der Waals surface area contributed by atoms with Gasteiger partial charge in [-0.25, -0.2) is 18.1 Å². The van der Waals surface area contributed by atoms with Gasteiger partial charge in [-0.15, -0.1) is 0 Å². The number of rotatable bonds is 5. The number of nitrogens with two attached hydrogens (primary N) is 1. The van der Waals surface area contributed by atoms with Gasteiger partial charge in [0.1, 0.15) is 0 Å². The van der Waals surface area contributed by atoms with Gasteiger partial charge < -0.3 is 14.8 Å². The summed E-state index contributed by atoms with van der Waals surface area (Å²) in [5, 5.41) is 3.51. The molecule has 0 amide bonds. The Labute approximate surface area is 103 Å². The van der Waals surface area contributed by atoms with E-state index in [0.717, 1.165) is 0 Å². The second kappa shape index (κ2) is 4.74. The molecule has 0 radical (unpaired) electrons. The van der Waals surface area contributed by atoms with Crippen molar-refractivity contribution in [3.63, 3.8) is 0 Å². The molecule has 2 aromatic heterocycles. The van der Waals surface area contributed by atoms with Crippen LogP contribution in [-0.2, 0) is 23.5 Å². The quantitative estimate of drug-likeness (QED) is 0.707. The van der Waals surface area contributed by atoms with Crippen molar-refractivity contribution in [1.29, 1.82) is 0 Å². The molecule has 0 aliphatic carbocycles. The summed E-state index contributed by atoms with van der Waals surface area (Å²) in [6, 6.07) is 0. The van der Waals surface area contributed by atoms with Crippen molar-refractivity contribution in [2.45, 2.75) is 11.4 Å². The second-order valence-electron chi connectivity index (χ2n) is 3.54. The number of nitrogens with one attached hydrogen (secondary N) is 1. The van der Waals surface area contributed by atoms with Gasteiger partial charge in [0, 0.05) is 20.0 Å². The van der Waals surface area contributed by atoms with Crippen LogP contribution in [0.5, 0.6) is 0 Å². The van der Waals surface area contributed by atoms with Gasteiger partial charge >= 0.3 is 0 Å². The van der Waals surface area contributed by atoms with E-state index in [1.807, 2.05) is 0 Å². The van der Waals surface area contributed by atoms with E-state index in [1.165, 1.54) is 17.3 Å². The molecule has 0 unspecified atom stereocenters. The van der Waals surface area contributed by atoms with Gasteiger partial charge in [-0.1, -0.05) is 5.16 Å². The summed E-state index contributed by atoms with van der Waals surface area (Å²) in [6.45, 7) is 0.145. The highest BCUT2D eigenvalue weighted by atomic mass is 32.2. The van der Waals surface area contributed by atoms with Crippen molar-refractivity contribution < 1.29 is 12.9 Å². The fraction of sp³-hybridized carbons (Fsp3) is 0.375. The number of aryl methyl sites for hydroxylation is 1. The summed E-state index contributed by atoms with van der Waals surface area (Å²) in [5.41, 5.74) is 5.50. The zero-order chi connectivity index (χ0) is 13.2. The first-order chi connectivity index (χ1) is 8.50. The molecule has 18 heavy (non-hydrogen) atoms. The second-order valence-corrected chi connectivity index (χ2v) is 5.22. The van der Waals surface area contributed by atoms with Crippen molar-refractivity contribution in [3.05, 3.63) is 18.5 Å². The zero-order valence-electron chi connectivity index (χ0n) is 9.57. The van der Waals surface area contributed by atoms with Crippen LogP contribution in [0, 0.1) is 0 Å². The van der Waals surface area contributed by atoms with Crippen molar-refractivity contribution >= 4 is 15.8 Å². The molecule has 2 aromatic rings. The normalized spacial score (nSPS) is 11.8. The average Bonchev–Trinajstić information content (AvgIpc) is 2.89. The highest BCUT2D eigenvalue weighted by Crippen LogP contribution is 2.14. The molecule has 3 N–H and O–H groups in total. The molecule has 0 saturated carbocycles. The highest BCUT2D eigenvalue weighted by molar-refractivity contribution is 7.89. The third-order valence-electron chi connectivity index (χ3n) is 2.21. The van der Waals surface area contributed by atoms with Crippen LogP contribution < -0.4 is 10.5 Å². The third kappa shape index (κ3) is 2.49. The predicted molar refractivity (Wildman–Crippen MR) is 60.8 cm³/mol. The number of sulfonamides is 1. The Bertz CT molecular complexity index is 598. The Kier molecular flexibility index (Phi) is 3.30. The summed E-state index contributed by atoms with van der Waals surface area (Å²) in [5.74, 6) is 0.389. The molecule has 2 heterocycles. The van der Waals surface area contributed by atoms with Crippen LogP contribution in [0.4, 0.5) is 5.82 Å². The predicted octanol–water partition coefficient (Wildman–Crippen LogP) is -1.09. The number of hydrogen-bond donors (Lipinski definition) is 2. The van der Waals surface area contributed by atoms with Crippen LogP contribution >= 0.6 is 0 Å². The first-order valence-electron chi connectivity index (χ1n) is 5.02. The number of nitrogens with zero attached hydrogens (tertiary/aromatic N) is 4. The molecular formula is C8H12N6O3S. The SMILES string of the molecule is Cn1cnc(N)c1S(=O)(=O)NCCc1ncon1. The lowest BCUT2D eigenvalue weighted by molar-refractivity contribution is 0.409. The molecule has 0 aliphatic heterocycles. The first kappa shape index (κ1) is 12.5. The van der Waals surface area contributed by atoms with E-state index in [2.05, 4.69) is 24.4 Å². The van der Waals surface area contributed by atoms with Gasteiger partial charge in [0.25, 0.3) is 10.0 Å². The van der Waals surface area contributed by atoms with Crippen LogP contribution in [0.25, 0.3) is 0 Å². The summed E-state index contributed by atoms with van der Waals surface area (Å²) in [7, 11) is -2.14. The maximum absolute atomic E-state index is 11.9. The Morgan fingerprint density at radius 3 is 2.83 bits per heavy atom. The van der Waals surface area contributed by atoms with Gasteiger partial charge in [-0.05, 0) is 0 Å². The van der Waals surface area contributed by atoms with Crippen LogP contribution in [0.3, 0.4) is 0 Å². The van der Waals surface area contributed by atoms with Gasteiger partial charge in [0.05, 0.1) is 6.33 Å². The highest BCUT2D eigenvalue weighted by Gasteiger charge is 2.21. The molecule has 0 aliphatic rings. The Morgan fingerprint density at radius 2 is 2.28 bits per heavy atom. The van der Waals surface area contributed by atoms with Gasteiger partial charge in [0.2, 0.25) is 6.39 Å². The van der Waals surface area contributed by atoms with E-state index < -0.39 is 10.0 Å². The zero-order valence-corrected chi connectivity index (χ0v) is 10.4. The molecule has 0 spiro atoms. The number of hydrogen-bond acceptors (Lipinski definition) is 7. The fourth-order valence-electron chi connectivity index (χ4n) is 1.43. The number of imidazole rings is 1. The molecule has 2 rings (SSSR count). The minimum atomic E-state index is -3.69. The van der Waals surface area contributed by atoms with E-state index in [4.69, 9.17) is 5.73 Å². The van der Waals surface area contributed by atoms with E-state index in [0.29, 0.717) is 12.2 Å². The van der Waals surface area contributed by atoms with E-state index in [-0.39, 0.29) is 17.4 Å². The maximum atomic E-state index is 11.9. The van der Waals surface area contributed by atoms with Crippen LogP contribution in [0.15, 0.2) is 22.3 Å². The molecule has 0 atom stereocenters. The topological polar surface area (TPSA) is 129 Å². The number of nitrogen functional groups attached to an aromatic ring is 1. The molecule has 10 heteroatoms. The van der Waals surface area contributed by atoms with Crippen molar-refractivity contribution in [2.24, 2.45) is 7.05 Å². The number of aromatic nitrogens is 4. The number of anilines is 1. The van der Waals surface area contributed by atoms with Crippen molar-refractivity contribution in [3.8, 4) is 0 Å². The minimum Gasteiger partial charge on any atom is -0.381 e. The molecule has 0 bridgehead atoms. The van der Waals surface area contributed by atoms with Gasteiger partial charge in [-0.3, -0.25) is 0 Å². The summed E-state index contributed by atoms with van der Waals surface area (Å²) in [6.07, 6.45) is 2.85. The van der Waals surface area contributed by atoms with Crippen LogP contribution in [-0.4, -0.2) is 34.7 Å². The smallest absolute Gasteiger partial charge is 0.260 e. The molecule has 98 valence electrons. The van der Waals surface area contributed by atoms with Crippen molar-refractivity contribution in [2.75, 3.05) is 12.3 Å². The minimum absolute atomic E-state index is 0.0374. The molecule has 0 saturated heterocycles. The van der Waals surface area contributed by atoms with E-state index >= 15 is 0 Å². The van der Waals surface area contributed by atoms with E-state index in [9.17, 15) is 8.42 Å². The Hall–Kier alpha value is -1.94. The first-order valence-corrected chi connectivity index (χ1v) is 6.51. The molecular weight excluding hydrogens is 260 g/mol. The molecule has 9 nitrogen and oxygen atoms in total. The lowest BCUT2D eigenvalue weighted by Crippen LogP contribution is -2.28. The van der Waals surface area contributed by atoms with Crippen LogP contribution in [0.2, 0.25) is 0 Å². The lowest BCUT2D eigenvalue weighted by atomic mass is 10.4. The monoisotopic (exact) mass is 272 g/mol. The maximum Gasteiger partial charge on any atom is 0.260 e. The summed E-state index contributed by atoms with van der Waals surface area (Å²) in [4.78, 5) is 7.50. The van der Waals surface area contributed by atoms with Gasteiger partial charge in [0.15, 0.2) is 16.7 Å². The van der Waals surface area contributed by atoms with Gasteiger partial charge in [-0.2, -0.15) is 4.98 Å². The Balaban J connectivity index is 2.04.